The SMILES string of the molecule is COc1cc(Br)c(O)cc1Cl. The molecule has 11 heavy (non-hydrogen) atoms. The van der Waals surface area contributed by atoms with Gasteiger partial charge in [-0.25, -0.2) is 0 Å². The molecule has 0 aromatic heterocycles. The first kappa shape index (κ1) is 8.68. The quantitative estimate of drug-likeness (QED) is 0.814. The molecule has 0 aliphatic carbocycles. The van der Waals surface area contributed by atoms with Crippen LogP contribution in [0.1, 0.15) is 0 Å². The Morgan fingerprint density at radius 2 is 2.18 bits per heavy atom. The summed E-state index contributed by atoms with van der Waals surface area (Å²) in [5.41, 5.74) is 0. The molecule has 0 aliphatic rings. The highest BCUT2D eigenvalue weighted by Gasteiger charge is 2.04. The lowest BCUT2D eigenvalue weighted by Crippen LogP contribution is -1.83. The van der Waals surface area contributed by atoms with Crippen molar-refractivity contribution in [3.8, 4) is 11.5 Å². The number of rotatable bonds is 1. The maximum Gasteiger partial charge on any atom is 0.138 e. The van der Waals surface area contributed by atoms with E-state index < -0.39 is 0 Å². The zero-order valence-corrected chi connectivity index (χ0v) is 8.11. The van der Waals surface area contributed by atoms with Crippen LogP contribution in [0.4, 0.5) is 0 Å². The third kappa shape index (κ3) is 1.79. The van der Waals surface area contributed by atoms with Crippen molar-refractivity contribution in [1.82, 2.24) is 0 Å². The maximum absolute atomic E-state index is 9.13. The highest BCUT2D eigenvalue weighted by atomic mass is 79.9. The molecule has 1 aromatic rings. The molecule has 0 spiro atoms. The number of methoxy groups -OCH3 is 1. The van der Waals surface area contributed by atoms with E-state index in [4.69, 9.17) is 21.4 Å². The van der Waals surface area contributed by atoms with Crippen LogP contribution in [-0.2, 0) is 0 Å². The van der Waals surface area contributed by atoms with Gasteiger partial charge in [0, 0.05) is 6.07 Å². The minimum Gasteiger partial charge on any atom is -0.507 e. The monoisotopic (exact) mass is 236 g/mol. The van der Waals surface area contributed by atoms with Crippen LogP contribution in [0.2, 0.25) is 5.02 Å². The number of aromatic hydroxyl groups is 1. The number of phenolic OH excluding ortho intramolecular Hbond substituents is 1. The van der Waals surface area contributed by atoms with Gasteiger partial charge in [0.15, 0.2) is 0 Å². The molecular weight excluding hydrogens is 231 g/mol. The summed E-state index contributed by atoms with van der Waals surface area (Å²) in [5.74, 6) is 0.646. The Kier molecular flexibility index (Phi) is 2.62. The van der Waals surface area contributed by atoms with Crippen LogP contribution in [0.15, 0.2) is 16.6 Å². The van der Waals surface area contributed by atoms with Crippen molar-refractivity contribution in [3.05, 3.63) is 21.6 Å². The van der Waals surface area contributed by atoms with Crippen LogP contribution in [0, 0.1) is 0 Å². The Morgan fingerprint density at radius 1 is 1.55 bits per heavy atom. The number of hydrogen-bond donors (Lipinski definition) is 1. The molecule has 0 amide bonds. The summed E-state index contributed by atoms with van der Waals surface area (Å²) in [7, 11) is 1.52. The van der Waals surface area contributed by atoms with E-state index in [0.717, 1.165) is 0 Å². The Morgan fingerprint density at radius 3 is 2.73 bits per heavy atom. The third-order valence-corrected chi connectivity index (χ3v) is 2.15. The molecule has 0 bridgehead atoms. The zero-order valence-electron chi connectivity index (χ0n) is 5.77. The maximum atomic E-state index is 9.13. The smallest absolute Gasteiger partial charge is 0.138 e. The average Bonchev–Trinajstić information content (AvgIpc) is 1.97. The van der Waals surface area contributed by atoms with Crippen molar-refractivity contribution < 1.29 is 9.84 Å². The van der Waals surface area contributed by atoms with Crippen LogP contribution < -0.4 is 4.74 Å². The Hall–Kier alpha value is -0.410. The normalized spacial score (nSPS) is 9.73. The number of hydrogen-bond acceptors (Lipinski definition) is 2. The van der Waals surface area contributed by atoms with Gasteiger partial charge in [0.2, 0.25) is 0 Å². The van der Waals surface area contributed by atoms with Crippen LogP contribution >= 0.6 is 27.5 Å². The first-order valence-corrected chi connectivity index (χ1v) is 4.04. The van der Waals surface area contributed by atoms with E-state index >= 15 is 0 Å². The molecular formula is C7H6BrClO2. The second kappa shape index (κ2) is 3.32. The van der Waals surface area contributed by atoms with E-state index in [9.17, 15) is 0 Å². The molecule has 2 nitrogen and oxygen atoms in total. The lowest BCUT2D eigenvalue weighted by atomic mass is 10.3. The summed E-state index contributed by atoms with van der Waals surface area (Å²) < 4.78 is 5.48. The lowest BCUT2D eigenvalue weighted by molar-refractivity contribution is 0.412. The molecule has 0 atom stereocenters. The molecule has 0 unspecified atom stereocenters. The number of phenols is 1. The summed E-state index contributed by atoms with van der Waals surface area (Å²) in [4.78, 5) is 0. The van der Waals surface area contributed by atoms with Crippen LogP contribution in [0.25, 0.3) is 0 Å². The fourth-order valence-corrected chi connectivity index (χ4v) is 1.23. The number of benzene rings is 1. The average molecular weight is 237 g/mol. The molecule has 0 saturated heterocycles. The largest absolute Gasteiger partial charge is 0.507 e. The predicted octanol–water partition coefficient (Wildman–Crippen LogP) is 2.82. The molecule has 0 fully saturated rings. The Balaban J connectivity index is 3.21. The third-order valence-electron chi connectivity index (χ3n) is 1.22. The van der Waals surface area contributed by atoms with Gasteiger partial charge >= 0.3 is 0 Å². The molecule has 0 aliphatic heterocycles. The van der Waals surface area contributed by atoms with Crippen molar-refractivity contribution in [2.75, 3.05) is 7.11 Å². The van der Waals surface area contributed by atoms with Gasteiger partial charge in [0.1, 0.15) is 11.5 Å². The minimum atomic E-state index is 0.107. The Labute approximate surface area is 77.9 Å². The molecule has 4 heteroatoms. The Bertz CT molecular complexity index is 275. The van der Waals surface area contributed by atoms with Crippen LogP contribution in [-0.4, -0.2) is 12.2 Å². The fourth-order valence-electron chi connectivity index (χ4n) is 0.675. The first-order valence-electron chi connectivity index (χ1n) is 2.87. The van der Waals surface area contributed by atoms with Crippen molar-refractivity contribution in [2.24, 2.45) is 0 Å². The standard InChI is InChI=1S/C7H6BrClO2/c1-11-7-2-4(8)6(10)3-5(7)9/h2-3,10H,1H3. The summed E-state index contributed by atoms with van der Waals surface area (Å²) in [5, 5.41) is 9.53. The molecule has 0 heterocycles. The molecule has 1 rings (SSSR count). The predicted molar refractivity (Wildman–Crippen MR) is 47.4 cm³/mol. The van der Waals surface area contributed by atoms with Crippen molar-refractivity contribution >= 4 is 27.5 Å². The second-order valence-electron chi connectivity index (χ2n) is 1.94. The van der Waals surface area contributed by atoms with Gasteiger partial charge in [-0.1, -0.05) is 11.6 Å². The molecule has 0 radical (unpaired) electrons. The van der Waals surface area contributed by atoms with Gasteiger partial charge in [0.25, 0.3) is 0 Å². The van der Waals surface area contributed by atoms with E-state index in [1.165, 1.54) is 13.2 Å². The summed E-state index contributed by atoms with van der Waals surface area (Å²) in [6, 6.07) is 3.03. The van der Waals surface area contributed by atoms with Gasteiger partial charge in [-0.05, 0) is 22.0 Å². The molecule has 0 saturated carbocycles. The van der Waals surface area contributed by atoms with E-state index in [1.807, 2.05) is 0 Å². The minimum absolute atomic E-state index is 0.107. The first-order chi connectivity index (χ1) is 5.15. The van der Waals surface area contributed by atoms with Crippen molar-refractivity contribution in [2.45, 2.75) is 0 Å². The van der Waals surface area contributed by atoms with E-state index in [1.54, 1.807) is 6.07 Å². The number of ether oxygens (including phenoxy) is 1. The van der Waals surface area contributed by atoms with Crippen LogP contribution in [0.3, 0.4) is 0 Å². The van der Waals surface area contributed by atoms with Gasteiger partial charge in [-0.15, -0.1) is 0 Å². The zero-order chi connectivity index (χ0) is 8.43. The fraction of sp³-hybridized carbons (Fsp3) is 0.143. The van der Waals surface area contributed by atoms with Gasteiger partial charge < -0.3 is 9.84 Å². The van der Waals surface area contributed by atoms with E-state index in [0.29, 0.717) is 15.2 Å². The highest BCUT2D eigenvalue weighted by Crippen LogP contribution is 2.34. The summed E-state index contributed by atoms with van der Waals surface area (Å²) in [6.07, 6.45) is 0. The number of halogens is 2. The summed E-state index contributed by atoms with van der Waals surface area (Å²) >= 11 is 8.83. The van der Waals surface area contributed by atoms with Gasteiger partial charge in [0.05, 0.1) is 16.6 Å². The molecule has 1 aromatic carbocycles. The molecule has 60 valence electrons. The summed E-state index contributed by atoms with van der Waals surface area (Å²) in [6.45, 7) is 0. The van der Waals surface area contributed by atoms with Crippen molar-refractivity contribution in [1.29, 1.82) is 0 Å². The lowest BCUT2D eigenvalue weighted by Gasteiger charge is -2.03. The second-order valence-corrected chi connectivity index (χ2v) is 3.20. The van der Waals surface area contributed by atoms with Gasteiger partial charge in [-0.2, -0.15) is 0 Å². The molecule has 1 N–H and O–H groups in total. The van der Waals surface area contributed by atoms with E-state index in [2.05, 4.69) is 15.9 Å². The van der Waals surface area contributed by atoms with Crippen LogP contribution in [0.5, 0.6) is 11.5 Å². The van der Waals surface area contributed by atoms with Gasteiger partial charge in [-0.3, -0.25) is 0 Å². The van der Waals surface area contributed by atoms with E-state index in [-0.39, 0.29) is 5.75 Å². The van der Waals surface area contributed by atoms with Crippen molar-refractivity contribution in [3.63, 3.8) is 0 Å². The highest BCUT2D eigenvalue weighted by molar-refractivity contribution is 9.10. The topological polar surface area (TPSA) is 29.5 Å².